The SMILES string of the molecule is C[C@@H]1CN(C2=NC(=O)/C(=C/c3cccc(Br)c3)S2)C[C@@H](C)O1. The van der Waals surface area contributed by atoms with Gasteiger partial charge >= 0.3 is 0 Å². The summed E-state index contributed by atoms with van der Waals surface area (Å²) in [5, 5.41) is 0.785. The van der Waals surface area contributed by atoms with Gasteiger partial charge in [-0.3, -0.25) is 4.79 Å². The third-order valence-corrected chi connectivity index (χ3v) is 4.98. The van der Waals surface area contributed by atoms with Crippen molar-refractivity contribution in [3.05, 3.63) is 39.2 Å². The molecular formula is C16H17BrN2O2S. The van der Waals surface area contributed by atoms with Crippen LogP contribution in [0.1, 0.15) is 19.4 Å². The molecule has 22 heavy (non-hydrogen) atoms. The van der Waals surface area contributed by atoms with E-state index >= 15 is 0 Å². The zero-order chi connectivity index (χ0) is 15.7. The Bertz CT molecular complexity index is 649. The molecule has 0 N–H and O–H groups in total. The topological polar surface area (TPSA) is 41.9 Å². The summed E-state index contributed by atoms with van der Waals surface area (Å²) in [6.45, 7) is 5.63. The summed E-state index contributed by atoms with van der Waals surface area (Å²) in [6.07, 6.45) is 2.20. The number of amides is 1. The zero-order valence-corrected chi connectivity index (χ0v) is 14.9. The lowest BCUT2D eigenvalue weighted by molar-refractivity contribution is -0.113. The van der Waals surface area contributed by atoms with E-state index in [-0.39, 0.29) is 18.1 Å². The van der Waals surface area contributed by atoms with Gasteiger partial charge in [-0.05, 0) is 49.4 Å². The standard InChI is InChI=1S/C16H17BrN2O2S/c1-10-8-19(9-11(2)21-10)16-18-15(20)14(22-16)7-12-4-3-5-13(17)6-12/h3-7,10-11H,8-9H2,1-2H3/b14-7-/t10-,11-/m1/s1. The Hall–Kier alpha value is -1.11. The lowest BCUT2D eigenvalue weighted by Gasteiger charge is -2.35. The van der Waals surface area contributed by atoms with E-state index in [4.69, 9.17) is 4.74 Å². The molecule has 1 saturated heterocycles. The van der Waals surface area contributed by atoms with E-state index in [0.717, 1.165) is 28.3 Å². The Morgan fingerprint density at radius 3 is 2.77 bits per heavy atom. The molecule has 0 bridgehead atoms. The summed E-state index contributed by atoms with van der Waals surface area (Å²) in [7, 11) is 0. The summed E-state index contributed by atoms with van der Waals surface area (Å²) in [6, 6.07) is 7.87. The van der Waals surface area contributed by atoms with Gasteiger partial charge in [0.1, 0.15) is 0 Å². The lowest BCUT2D eigenvalue weighted by atomic mass is 10.2. The number of halogens is 1. The highest BCUT2D eigenvalue weighted by molar-refractivity contribution is 9.10. The minimum absolute atomic E-state index is 0.153. The van der Waals surface area contributed by atoms with E-state index in [1.54, 1.807) is 0 Å². The number of amidine groups is 1. The highest BCUT2D eigenvalue weighted by Crippen LogP contribution is 2.31. The molecule has 1 aromatic rings. The van der Waals surface area contributed by atoms with Gasteiger partial charge in [0.25, 0.3) is 5.91 Å². The summed E-state index contributed by atoms with van der Waals surface area (Å²) in [5.74, 6) is -0.160. The Morgan fingerprint density at radius 2 is 2.09 bits per heavy atom. The van der Waals surface area contributed by atoms with Gasteiger partial charge in [0, 0.05) is 17.6 Å². The number of carbonyl (C=O) groups excluding carboxylic acids is 1. The molecule has 0 aromatic heterocycles. The van der Waals surface area contributed by atoms with Crippen LogP contribution in [-0.2, 0) is 9.53 Å². The van der Waals surface area contributed by atoms with Crippen molar-refractivity contribution < 1.29 is 9.53 Å². The van der Waals surface area contributed by atoms with Crippen molar-refractivity contribution in [2.75, 3.05) is 13.1 Å². The summed E-state index contributed by atoms with van der Waals surface area (Å²) < 4.78 is 6.72. The molecule has 1 fully saturated rings. The Balaban J connectivity index is 1.76. The smallest absolute Gasteiger partial charge is 0.286 e. The molecule has 0 unspecified atom stereocenters. The number of nitrogens with zero attached hydrogens (tertiary/aromatic N) is 2. The number of thioether (sulfide) groups is 1. The van der Waals surface area contributed by atoms with Gasteiger partial charge in [-0.15, -0.1) is 0 Å². The fourth-order valence-corrected chi connectivity index (χ4v) is 3.96. The maximum Gasteiger partial charge on any atom is 0.286 e. The highest BCUT2D eigenvalue weighted by Gasteiger charge is 2.30. The molecule has 0 spiro atoms. The first-order valence-corrected chi connectivity index (χ1v) is 8.81. The first-order chi connectivity index (χ1) is 10.5. The van der Waals surface area contributed by atoms with Crippen molar-refractivity contribution in [2.45, 2.75) is 26.1 Å². The maximum atomic E-state index is 12.1. The lowest BCUT2D eigenvalue weighted by Crippen LogP contribution is -2.47. The van der Waals surface area contributed by atoms with Crippen molar-refractivity contribution in [3.8, 4) is 0 Å². The van der Waals surface area contributed by atoms with Gasteiger partial charge in [0.15, 0.2) is 5.17 Å². The number of hydrogen-bond acceptors (Lipinski definition) is 4. The predicted octanol–water partition coefficient (Wildman–Crippen LogP) is 3.53. The largest absolute Gasteiger partial charge is 0.372 e. The summed E-state index contributed by atoms with van der Waals surface area (Å²) >= 11 is 4.89. The fourth-order valence-electron chi connectivity index (χ4n) is 2.62. The van der Waals surface area contributed by atoms with E-state index in [0.29, 0.717) is 4.91 Å². The quantitative estimate of drug-likeness (QED) is 0.698. The fraction of sp³-hybridized carbons (Fsp3) is 0.375. The molecule has 6 heteroatoms. The van der Waals surface area contributed by atoms with E-state index in [1.807, 2.05) is 44.2 Å². The molecule has 1 amide bonds. The van der Waals surface area contributed by atoms with Crippen molar-refractivity contribution >= 4 is 44.8 Å². The molecule has 0 saturated carbocycles. The monoisotopic (exact) mass is 380 g/mol. The predicted molar refractivity (Wildman–Crippen MR) is 93.7 cm³/mol. The van der Waals surface area contributed by atoms with Crippen LogP contribution in [-0.4, -0.2) is 41.3 Å². The van der Waals surface area contributed by atoms with Gasteiger partial charge in [0.2, 0.25) is 0 Å². The van der Waals surface area contributed by atoms with Crippen LogP contribution in [0.25, 0.3) is 6.08 Å². The van der Waals surface area contributed by atoms with Gasteiger partial charge < -0.3 is 9.64 Å². The van der Waals surface area contributed by atoms with Crippen molar-refractivity contribution in [3.63, 3.8) is 0 Å². The highest BCUT2D eigenvalue weighted by atomic mass is 79.9. The third kappa shape index (κ3) is 3.62. The van der Waals surface area contributed by atoms with Crippen LogP contribution in [0.3, 0.4) is 0 Å². The van der Waals surface area contributed by atoms with E-state index in [1.165, 1.54) is 11.8 Å². The van der Waals surface area contributed by atoms with Crippen LogP contribution in [0.4, 0.5) is 0 Å². The Morgan fingerprint density at radius 1 is 1.36 bits per heavy atom. The first-order valence-electron chi connectivity index (χ1n) is 7.20. The molecule has 2 heterocycles. The first kappa shape index (κ1) is 15.8. The van der Waals surface area contributed by atoms with Crippen LogP contribution in [0, 0.1) is 0 Å². The molecule has 116 valence electrons. The van der Waals surface area contributed by atoms with Crippen LogP contribution < -0.4 is 0 Å². The van der Waals surface area contributed by atoms with Crippen LogP contribution >= 0.6 is 27.7 Å². The van der Waals surface area contributed by atoms with Gasteiger partial charge in [-0.1, -0.05) is 28.1 Å². The molecule has 0 aliphatic carbocycles. The van der Waals surface area contributed by atoms with Crippen LogP contribution in [0.5, 0.6) is 0 Å². The number of hydrogen-bond donors (Lipinski definition) is 0. The summed E-state index contributed by atoms with van der Waals surface area (Å²) in [5.41, 5.74) is 0.991. The molecular weight excluding hydrogens is 364 g/mol. The zero-order valence-electron chi connectivity index (χ0n) is 12.5. The molecule has 4 nitrogen and oxygen atoms in total. The minimum atomic E-state index is -0.160. The molecule has 1 aromatic carbocycles. The molecule has 2 aliphatic heterocycles. The van der Waals surface area contributed by atoms with E-state index < -0.39 is 0 Å². The molecule has 3 rings (SSSR count). The number of morpholine rings is 1. The number of aliphatic imine (C=N–C) groups is 1. The molecule has 0 radical (unpaired) electrons. The van der Waals surface area contributed by atoms with Crippen molar-refractivity contribution in [2.24, 2.45) is 4.99 Å². The second kappa shape index (κ2) is 6.56. The van der Waals surface area contributed by atoms with E-state index in [9.17, 15) is 4.79 Å². The second-order valence-electron chi connectivity index (χ2n) is 5.53. The number of carbonyl (C=O) groups is 1. The van der Waals surface area contributed by atoms with Crippen molar-refractivity contribution in [1.29, 1.82) is 0 Å². The maximum absolute atomic E-state index is 12.1. The van der Waals surface area contributed by atoms with Crippen LogP contribution in [0.15, 0.2) is 38.6 Å². The number of benzene rings is 1. The van der Waals surface area contributed by atoms with E-state index in [2.05, 4.69) is 25.8 Å². The molecule has 2 atom stereocenters. The second-order valence-corrected chi connectivity index (χ2v) is 7.45. The Labute approximate surface area is 142 Å². The van der Waals surface area contributed by atoms with Gasteiger partial charge in [-0.2, -0.15) is 4.99 Å². The third-order valence-electron chi connectivity index (χ3n) is 3.45. The number of rotatable bonds is 1. The molecule has 2 aliphatic rings. The Kier molecular flexibility index (Phi) is 4.70. The average Bonchev–Trinajstić information content (AvgIpc) is 2.79. The van der Waals surface area contributed by atoms with Crippen LogP contribution in [0.2, 0.25) is 0 Å². The normalized spacial score (nSPS) is 27.4. The average molecular weight is 381 g/mol. The number of ether oxygens (including phenoxy) is 1. The van der Waals surface area contributed by atoms with Crippen molar-refractivity contribution in [1.82, 2.24) is 4.90 Å². The van der Waals surface area contributed by atoms with Gasteiger partial charge in [0.05, 0.1) is 17.1 Å². The minimum Gasteiger partial charge on any atom is -0.372 e. The van der Waals surface area contributed by atoms with Gasteiger partial charge in [-0.25, -0.2) is 0 Å². The summed E-state index contributed by atoms with van der Waals surface area (Å²) in [4.78, 5) is 19.2.